The Morgan fingerprint density at radius 2 is 1.80 bits per heavy atom. The van der Waals surface area contributed by atoms with Crippen molar-refractivity contribution in [1.29, 1.82) is 0 Å². The molecule has 0 radical (unpaired) electrons. The lowest BCUT2D eigenvalue weighted by molar-refractivity contribution is -0.123. The maximum absolute atomic E-state index is 12.5. The van der Waals surface area contributed by atoms with Crippen LogP contribution in [0.4, 0.5) is 4.79 Å². The standard InChI is InChI=1S/C19H13BrClNO2S/c20-15-9-3-1-7-14(15)12-22-18(23)17(25-19(22)24)11-5-8-13-6-2-4-10-16(13)21/h1-11H,12H2/b8-5+,17-11-. The topological polar surface area (TPSA) is 37.4 Å². The van der Waals surface area contributed by atoms with Crippen LogP contribution in [0.1, 0.15) is 11.1 Å². The maximum Gasteiger partial charge on any atom is 0.293 e. The predicted octanol–water partition coefficient (Wildman–Crippen LogP) is 5.90. The third kappa shape index (κ3) is 4.24. The summed E-state index contributed by atoms with van der Waals surface area (Å²) in [4.78, 5) is 26.3. The molecule has 0 spiro atoms. The monoisotopic (exact) mass is 433 g/mol. The van der Waals surface area contributed by atoms with Crippen LogP contribution in [-0.2, 0) is 11.3 Å². The second-order valence-corrected chi connectivity index (χ2v) is 7.52. The number of thioether (sulfide) groups is 1. The summed E-state index contributed by atoms with van der Waals surface area (Å²) in [6.45, 7) is 0.248. The highest BCUT2D eigenvalue weighted by atomic mass is 79.9. The Morgan fingerprint density at radius 1 is 1.08 bits per heavy atom. The first-order chi connectivity index (χ1) is 12.1. The zero-order valence-corrected chi connectivity index (χ0v) is 16.1. The fraction of sp³-hybridized carbons (Fsp3) is 0.0526. The molecule has 2 aromatic carbocycles. The number of imide groups is 1. The molecular formula is C19H13BrClNO2S. The summed E-state index contributed by atoms with van der Waals surface area (Å²) in [5.41, 5.74) is 1.74. The molecule has 0 saturated carbocycles. The second-order valence-electron chi connectivity index (χ2n) is 5.26. The molecule has 0 atom stereocenters. The highest BCUT2D eigenvalue weighted by Crippen LogP contribution is 2.33. The van der Waals surface area contributed by atoms with E-state index in [1.807, 2.05) is 48.5 Å². The maximum atomic E-state index is 12.5. The van der Waals surface area contributed by atoms with E-state index < -0.39 is 0 Å². The zero-order chi connectivity index (χ0) is 17.8. The molecule has 0 aliphatic carbocycles. The van der Waals surface area contributed by atoms with E-state index in [0.717, 1.165) is 27.4 Å². The van der Waals surface area contributed by atoms with Crippen molar-refractivity contribution in [2.45, 2.75) is 6.54 Å². The van der Waals surface area contributed by atoms with Gasteiger partial charge in [0, 0.05) is 9.50 Å². The van der Waals surface area contributed by atoms with E-state index in [4.69, 9.17) is 11.6 Å². The number of allylic oxidation sites excluding steroid dienone is 2. The molecule has 1 heterocycles. The zero-order valence-electron chi connectivity index (χ0n) is 13.0. The minimum atomic E-state index is -0.283. The van der Waals surface area contributed by atoms with E-state index in [9.17, 15) is 9.59 Å². The van der Waals surface area contributed by atoms with Crippen LogP contribution in [0.25, 0.3) is 6.08 Å². The Kier molecular flexibility index (Phi) is 5.78. The molecule has 0 unspecified atom stereocenters. The Labute approximate surface area is 163 Å². The van der Waals surface area contributed by atoms with E-state index in [2.05, 4.69) is 15.9 Å². The van der Waals surface area contributed by atoms with E-state index in [1.54, 1.807) is 18.2 Å². The van der Waals surface area contributed by atoms with Gasteiger partial charge in [0.05, 0.1) is 11.4 Å². The lowest BCUT2D eigenvalue weighted by Gasteiger charge is -2.13. The van der Waals surface area contributed by atoms with Crippen molar-refractivity contribution >= 4 is 56.5 Å². The number of nitrogens with zero attached hydrogens (tertiary/aromatic N) is 1. The van der Waals surface area contributed by atoms with Gasteiger partial charge in [-0.3, -0.25) is 14.5 Å². The summed E-state index contributed by atoms with van der Waals surface area (Å²) in [5, 5.41) is 0.368. The molecule has 2 aromatic rings. The molecule has 1 aliphatic heterocycles. The lowest BCUT2D eigenvalue weighted by atomic mass is 10.2. The molecule has 1 fully saturated rings. The predicted molar refractivity (Wildman–Crippen MR) is 106 cm³/mol. The first-order valence-corrected chi connectivity index (χ1v) is 9.45. The molecule has 2 amide bonds. The molecule has 126 valence electrons. The third-order valence-electron chi connectivity index (χ3n) is 3.59. The SMILES string of the molecule is O=C1S/C(=C\C=C\c2ccccc2Cl)C(=O)N1Cc1ccccc1Br. The quantitative estimate of drug-likeness (QED) is 0.563. The summed E-state index contributed by atoms with van der Waals surface area (Å²) in [7, 11) is 0. The molecule has 25 heavy (non-hydrogen) atoms. The summed E-state index contributed by atoms with van der Waals surface area (Å²) in [6.07, 6.45) is 5.19. The first kappa shape index (κ1) is 18.0. The summed E-state index contributed by atoms with van der Waals surface area (Å²) < 4.78 is 0.872. The number of rotatable bonds is 4. The van der Waals surface area contributed by atoms with Crippen molar-refractivity contribution in [2.75, 3.05) is 0 Å². The normalized spacial score (nSPS) is 16.4. The van der Waals surface area contributed by atoms with Crippen molar-refractivity contribution in [3.8, 4) is 0 Å². The number of hydrogen-bond donors (Lipinski definition) is 0. The van der Waals surface area contributed by atoms with E-state index >= 15 is 0 Å². The number of halogens is 2. The first-order valence-electron chi connectivity index (χ1n) is 7.46. The number of carbonyl (C=O) groups excluding carboxylic acids is 2. The van der Waals surface area contributed by atoms with Crippen LogP contribution in [0, 0.1) is 0 Å². The average molecular weight is 435 g/mol. The van der Waals surface area contributed by atoms with Crippen LogP contribution in [0.5, 0.6) is 0 Å². The number of hydrogen-bond acceptors (Lipinski definition) is 3. The molecule has 0 bridgehead atoms. The van der Waals surface area contributed by atoms with Gasteiger partial charge in [0.25, 0.3) is 11.1 Å². The molecule has 1 aliphatic rings. The average Bonchev–Trinajstić information content (AvgIpc) is 2.86. The van der Waals surface area contributed by atoms with Gasteiger partial charge in [-0.2, -0.15) is 0 Å². The van der Waals surface area contributed by atoms with Crippen molar-refractivity contribution in [3.63, 3.8) is 0 Å². The van der Waals surface area contributed by atoms with Crippen molar-refractivity contribution in [1.82, 2.24) is 4.90 Å². The fourth-order valence-electron chi connectivity index (χ4n) is 2.30. The van der Waals surface area contributed by atoms with Crippen LogP contribution < -0.4 is 0 Å². The van der Waals surface area contributed by atoms with Gasteiger partial charge in [0.2, 0.25) is 0 Å². The van der Waals surface area contributed by atoms with Crippen LogP contribution in [0.3, 0.4) is 0 Å². The molecule has 0 N–H and O–H groups in total. The highest BCUT2D eigenvalue weighted by Gasteiger charge is 2.34. The minimum absolute atomic E-state index is 0.248. The third-order valence-corrected chi connectivity index (χ3v) is 5.63. The van der Waals surface area contributed by atoms with Gasteiger partial charge in [-0.1, -0.05) is 76.1 Å². The van der Waals surface area contributed by atoms with Gasteiger partial charge in [-0.15, -0.1) is 0 Å². The molecule has 1 saturated heterocycles. The van der Waals surface area contributed by atoms with Gasteiger partial charge in [-0.25, -0.2) is 0 Å². The van der Waals surface area contributed by atoms with Crippen molar-refractivity contribution in [2.24, 2.45) is 0 Å². The Morgan fingerprint density at radius 3 is 2.56 bits per heavy atom. The summed E-state index contributed by atoms with van der Waals surface area (Å²) in [5.74, 6) is -0.283. The Balaban J connectivity index is 1.75. The molecule has 3 rings (SSSR count). The smallest absolute Gasteiger partial charge is 0.268 e. The van der Waals surface area contributed by atoms with Crippen LogP contribution in [-0.4, -0.2) is 16.0 Å². The molecule has 3 nitrogen and oxygen atoms in total. The van der Waals surface area contributed by atoms with Gasteiger partial charge < -0.3 is 0 Å². The fourth-order valence-corrected chi connectivity index (χ4v) is 3.70. The van der Waals surface area contributed by atoms with Gasteiger partial charge in [0.1, 0.15) is 0 Å². The van der Waals surface area contributed by atoms with Gasteiger partial charge in [-0.05, 0) is 41.1 Å². The van der Waals surface area contributed by atoms with Crippen molar-refractivity contribution < 1.29 is 9.59 Å². The second kappa shape index (κ2) is 8.04. The van der Waals surface area contributed by atoms with Gasteiger partial charge in [0.15, 0.2) is 0 Å². The van der Waals surface area contributed by atoms with E-state index in [0.29, 0.717) is 9.93 Å². The van der Waals surface area contributed by atoms with Crippen molar-refractivity contribution in [3.05, 3.63) is 86.2 Å². The van der Waals surface area contributed by atoms with Crippen LogP contribution in [0.2, 0.25) is 5.02 Å². The number of carbonyl (C=O) groups is 2. The minimum Gasteiger partial charge on any atom is -0.268 e. The number of amides is 2. The van der Waals surface area contributed by atoms with Crippen LogP contribution in [0.15, 0.2) is 70.1 Å². The van der Waals surface area contributed by atoms with E-state index in [-0.39, 0.29) is 17.7 Å². The summed E-state index contributed by atoms with van der Waals surface area (Å²) in [6, 6.07) is 15.0. The van der Waals surface area contributed by atoms with Gasteiger partial charge >= 0.3 is 0 Å². The lowest BCUT2D eigenvalue weighted by Crippen LogP contribution is -2.27. The Hall–Kier alpha value is -1.82. The molecule has 6 heteroatoms. The number of benzene rings is 2. The van der Waals surface area contributed by atoms with Crippen LogP contribution >= 0.6 is 39.3 Å². The Bertz CT molecular complexity index is 894. The molecule has 0 aromatic heterocycles. The highest BCUT2D eigenvalue weighted by molar-refractivity contribution is 9.10. The van der Waals surface area contributed by atoms with E-state index in [1.165, 1.54) is 4.90 Å². The molecular weight excluding hydrogens is 422 g/mol. The summed E-state index contributed by atoms with van der Waals surface area (Å²) >= 11 is 10.5. The largest absolute Gasteiger partial charge is 0.293 e.